The molecule has 0 aromatic heterocycles. The molecule has 1 amide bonds. The molecule has 0 N–H and O–H groups in total. The summed E-state index contributed by atoms with van der Waals surface area (Å²) in [5, 5.41) is 0. The van der Waals surface area contributed by atoms with Gasteiger partial charge in [-0.05, 0) is 24.6 Å². The summed E-state index contributed by atoms with van der Waals surface area (Å²) in [6.07, 6.45) is -4.66. The van der Waals surface area contributed by atoms with E-state index in [0.29, 0.717) is 16.2 Å². The average Bonchev–Trinajstić information content (AvgIpc) is 2.93. The molecule has 0 spiro atoms. The predicted octanol–water partition coefficient (Wildman–Crippen LogP) is 2.50. The Kier molecular flexibility index (Phi) is 4.81. The summed E-state index contributed by atoms with van der Waals surface area (Å²) in [4.78, 5) is 11.8. The van der Waals surface area contributed by atoms with E-state index in [4.69, 9.17) is 15.4 Å². The molecule has 1 aliphatic heterocycles. The molecular formula is C13H13ClF3NO4S. The third-order valence-corrected chi connectivity index (χ3v) is 4.99. The Hall–Kier alpha value is -1.48. The highest BCUT2D eigenvalue weighted by molar-refractivity contribution is 8.13. The summed E-state index contributed by atoms with van der Waals surface area (Å²) < 4.78 is 65.4. The molecule has 5 nitrogen and oxygen atoms in total. The molecule has 1 aromatic rings. The van der Waals surface area contributed by atoms with Crippen molar-refractivity contribution in [2.75, 3.05) is 20.2 Å². The molecule has 23 heavy (non-hydrogen) atoms. The lowest BCUT2D eigenvalue weighted by atomic mass is 9.97. The number of benzene rings is 1. The molecule has 1 fully saturated rings. The van der Waals surface area contributed by atoms with Gasteiger partial charge in [0.15, 0.2) is 0 Å². The summed E-state index contributed by atoms with van der Waals surface area (Å²) in [5.41, 5.74) is 0.409. The normalized spacial score (nSPS) is 19.0. The second-order valence-corrected chi connectivity index (χ2v) is 7.64. The fourth-order valence-electron chi connectivity index (χ4n) is 2.56. The second-order valence-electron chi connectivity index (χ2n) is 5.08. The van der Waals surface area contributed by atoms with Crippen LogP contribution in [0, 0.1) is 0 Å². The summed E-state index contributed by atoms with van der Waals surface area (Å²) in [5.74, 6) is -2.03. The van der Waals surface area contributed by atoms with Crippen LogP contribution in [0.5, 0.6) is 5.75 Å². The lowest BCUT2D eigenvalue weighted by Gasteiger charge is -2.19. The molecule has 1 saturated heterocycles. The van der Waals surface area contributed by atoms with Crippen molar-refractivity contribution in [2.45, 2.75) is 23.4 Å². The van der Waals surface area contributed by atoms with Crippen molar-refractivity contribution in [3.05, 3.63) is 23.8 Å². The first-order valence-corrected chi connectivity index (χ1v) is 8.83. The molecule has 1 atom stereocenters. The monoisotopic (exact) mass is 371 g/mol. The van der Waals surface area contributed by atoms with Crippen molar-refractivity contribution < 1.29 is 31.1 Å². The zero-order chi connectivity index (χ0) is 17.4. The maximum absolute atomic E-state index is 12.5. The van der Waals surface area contributed by atoms with Gasteiger partial charge in [-0.3, -0.25) is 4.79 Å². The molecule has 1 heterocycles. The van der Waals surface area contributed by atoms with Crippen LogP contribution < -0.4 is 4.74 Å². The van der Waals surface area contributed by atoms with Crippen molar-refractivity contribution in [1.82, 2.24) is 4.90 Å². The lowest BCUT2D eigenvalue weighted by molar-refractivity contribution is -0.184. The smallest absolute Gasteiger partial charge is 0.471 e. The van der Waals surface area contributed by atoms with Gasteiger partial charge < -0.3 is 9.64 Å². The molecule has 0 aliphatic carbocycles. The number of halogens is 4. The Morgan fingerprint density at radius 2 is 2.04 bits per heavy atom. The first-order chi connectivity index (χ1) is 10.5. The van der Waals surface area contributed by atoms with E-state index in [0.717, 1.165) is 0 Å². The topological polar surface area (TPSA) is 63.7 Å². The molecule has 0 radical (unpaired) electrons. The van der Waals surface area contributed by atoms with Crippen molar-refractivity contribution in [3.63, 3.8) is 0 Å². The minimum atomic E-state index is -4.93. The second kappa shape index (κ2) is 6.20. The number of ether oxygens (including phenoxy) is 1. The van der Waals surface area contributed by atoms with Crippen LogP contribution in [0.4, 0.5) is 13.2 Å². The summed E-state index contributed by atoms with van der Waals surface area (Å²) >= 11 is 0. The number of methoxy groups -OCH3 is 1. The molecule has 0 bridgehead atoms. The van der Waals surface area contributed by atoms with E-state index in [1.807, 2.05) is 0 Å². The molecule has 0 unspecified atom stereocenters. The standard InChI is InChI=1S/C13H13ClF3NO4S/c1-22-11-3-2-9(23(14,20)21)6-10(11)8-4-5-18(7-8)12(19)13(15,16)17/h2-3,6,8H,4-5,7H2,1H3/t8-/m0/s1. The van der Waals surface area contributed by atoms with Crippen molar-refractivity contribution in [2.24, 2.45) is 0 Å². The van der Waals surface area contributed by atoms with Gasteiger partial charge in [0, 0.05) is 35.3 Å². The average molecular weight is 372 g/mol. The summed E-state index contributed by atoms with van der Waals surface area (Å²) in [6, 6.07) is 3.91. The first-order valence-electron chi connectivity index (χ1n) is 6.52. The zero-order valence-corrected chi connectivity index (χ0v) is 13.5. The number of alkyl halides is 3. The quantitative estimate of drug-likeness (QED) is 0.766. The van der Waals surface area contributed by atoms with Crippen LogP contribution in [0.1, 0.15) is 17.9 Å². The molecule has 10 heteroatoms. The lowest BCUT2D eigenvalue weighted by Crippen LogP contribution is -2.39. The van der Waals surface area contributed by atoms with Gasteiger partial charge in [-0.1, -0.05) is 0 Å². The van der Waals surface area contributed by atoms with Crippen LogP contribution in [-0.4, -0.2) is 45.6 Å². The Bertz CT molecular complexity index is 720. The minimum absolute atomic E-state index is 0.0655. The molecular weight excluding hydrogens is 359 g/mol. The highest BCUT2D eigenvalue weighted by Crippen LogP contribution is 2.36. The van der Waals surface area contributed by atoms with Crippen LogP contribution in [0.3, 0.4) is 0 Å². The van der Waals surface area contributed by atoms with Gasteiger partial charge in [0.2, 0.25) is 0 Å². The molecule has 1 aliphatic rings. The van der Waals surface area contributed by atoms with Crippen molar-refractivity contribution in [3.8, 4) is 5.75 Å². The van der Waals surface area contributed by atoms with Gasteiger partial charge in [-0.15, -0.1) is 0 Å². The Morgan fingerprint density at radius 3 is 2.57 bits per heavy atom. The van der Waals surface area contributed by atoms with E-state index in [1.165, 1.54) is 25.3 Å². The number of likely N-dealkylation sites (tertiary alicyclic amines) is 1. The van der Waals surface area contributed by atoms with Crippen LogP contribution in [0.25, 0.3) is 0 Å². The van der Waals surface area contributed by atoms with Gasteiger partial charge in [0.25, 0.3) is 9.05 Å². The van der Waals surface area contributed by atoms with E-state index < -0.39 is 27.1 Å². The van der Waals surface area contributed by atoms with Crippen LogP contribution in [0.2, 0.25) is 0 Å². The van der Waals surface area contributed by atoms with Crippen molar-refractivity contribution in [1.29, 1.82) is 0 Å². The Balaban J connectivity index is 2.31. The number of carbonyl (C=O) groups excluding carboxylic acids is 1. The molecule has 2 rings (SSSR count). The number of nitrogens with zero attached hydrogens (tertiary/aromatic N) is 1. The Morgan fingerprint density at radius 1 is 1.39 bits per heavy atom. The van der Waals surface area contributed by atoms with E-state index in [2.05, 4.69) is 0 Å². The largest absolute Gasteiger partial charge is 0.496 e. The summed E-state index contributed by atoms with van der Waals surface area (Å²) in [6.45, 7) is -0.232. The maximum atomic E-state index is 12.5. The van der Waals surface area contributed by atoms with Gasteiger partial charge >= 0.3 is 12.1 Å². The fraction of sp³-hybridized carbons (Fsp3) is 0.462. The number of hydrogen-bond acceptors (Lipinski definition) is 4. The number of rotatable bonds is 3. The van der Waals surface area contributed by atoms with E-state index in [-0.39, 0.29) is 24.4 Å². The number of amides is 1. The summed E-state index contributed by atoms with van der Waals surface area (Å²) in [7, 11) is 2.68. The Labute approximate surface area is 135 Å². The SMILES string of the molecule is COc1ccc(S(=O)(=O)Cl)cc1[C@H]1CCN(C(=O)C(F)(F)F)C1. The van der Waals surface area contributed by atoms with Crippen LogP contribution in [0.15, 0.2) is 23.1 Å². The van der Waals surface area contributed by atoms with Crippen molar-refractivity contribution >= 4 is 25.6 Å². The van der Waals surface area contributed by atoms with E-state index in [9.17, 15) is 26.4 Å². The highest BCUT2D eigenvalue weighted by Gasteiger charge is 2.45. The van der Waals surface area contributed by atoms with Crippen LogP contribution in [-0.2, 0) is 13.8 Å². The fourth-order valence-corrected chi connectivity index (χ4v) is 3.35. The van der Waals surface area contributed by atoms with Gasteiger partial charge in [0.05, 0.1) is 12.0 Å². The molecule has 128 valence electrons. The van der Waals surface area contributed by atoms with E-state index in [1.54, 1.807) is 0 Å². The van der Waals surface area contributed by atoms with Crippen LogP contribution >= 0.6 is 10.7 Å². The molecule has 0 saturated carbocycles. The molecule has 1 aromatic carbocycles. The van der Waals surface area contributed by atoms with Gasteiger partial charge in [-0.2, -0.15) is 13.2 Å². The first kappa shape index (κ1) is 17.9. The maximum Gasteiger partial charge on any atom is 0.471 e. The third-order valence-electron chi connectivity index (χ3n) is 3.64. The van der Waals surface area contributed by atoms with Gasteiger partial charge in [-0.25, -0.2) is 8.42 Å². The predicted molar refractivity (Wildman–Crippen MR) is 76.0 cm³/mol. The minimum Gasteiger partial charge on any atom is -0.496 e. The third kappa shape index (κ3) is 3.89. The van der Waals surface area contributed by atoms with Gasteiger partial charge in [0.1, 0.15) is 5.75 Å². The number of carbonyl (C=O) groups is 1. The zero-order valence-electron chi connectivity index (χ0n) is 11.9. The van der Waals surface area contributed by atoms with E-state index >= 15 is 0 Å². The number of hydrogen-bond donors (Lipinski definition) is 0. The highest BCUT2D eigenvalue weighted by atomic mass is 35.7.